The number of hydrogen-bond donors (Lipinski definition) is 1. The number of para-hydroxylation sites is 1. The molecule has 1 N–H and O–H groups in total. The first-order valence-electron chi connectivity index (χ1n) is 7.30. The van der Waals surface area contributed by atoms with Gasteiger partial charge in [0.05, 0.1) is 6.61 Å². The fourth-order valence-corrected chi connectivity index (χ4v) is 2.56. The zero-order chi connectivity index (χ0) is 15.2. The lowest BCUT2D eigenvalue weighted by Gasteiger charge is -2.24. The summed E-state index contributed by atoms with van der Waals surface area (Å²) in [6, 6.07) is 8.78. The Balaban J connectivity index is 1.81. The van der Waals surface area contributed by atoms with E-state index in [0.29, 0.717) is 26.0 Å². The van der Waals surface area contributed by atoms with Gasteiger partial charge in [-0.15, -0.1) is 0 Å². The lowest BCUT2D eigenvalue weighted by Crippen LogP contribution is -2.43. The summed E-state index contributed by atoms with van der Waals surface area (Å²) < 4.78 is 5.58. The summed E-state index contributed by atoms with van der Waals surface area (Å²) in [7, 11) is 0. The molecule has 1 aliphatic rings. The lowest BCUT2D eigenvalue weighted by atomic mass is 10.1. The second kappa shape index (κ2) is 7.11. The van der Waals surface area contributed by atoms with E-state index in [4.69, 9.17) is 9.84 Å². The Labute approximate surface area is 124 Å². The molecule has 2 atom stereocenters. The van der Waals surface area contributed by atoms with Crippen molar-refractivity contribution in [3.8, 4) is 5.75 Å². The number of amides is 1. The highest BCUT2D eigenvalue weighted by Crippen LogP contribution is 2.21. The van der Waals surface area contributed by atoms with Crippen molar-refractivity contribution in [2.75, 3.05) is 13.2 Å². The van der Waals surface area contributed by atoms with E-state index < -0.39 is 12.0 Å². The van der Waals surface area contributed by atoms with Gasteiger partial charge in [-0.25, -0.2) is 4.79 Å². The fraction of sp³-hybridized carbons (Fsp3) is 0.500. The quantitative estimate of drug-likeness (QED) is 0.872. The number of aliphatic carboxylic acids is 1. The van der Waals surface area contributed by atoms with Crippen LogP contribution in [0.25, 0.3) is 0 Å². The molecule has 5 heteroatoms. The van der Waals surface area contributed by atoms with Gasteiger partial charge >= 0.3 is 5.97 Å². The predicted octanol–water partition coefficient (Wildman–Crippen LogP) is 2.17. The van der Waals surface area contributed by atoms with E-state index in [9.17, 15) is 9.59 Å². The number of hydrogen-bond acceptors (Lipinski definition) is 3. The summed E-state index contributed by atoms with van der Waals surface area (Å²) in [5.74, 6) is -0.444. The molecule has 0 aliphatic carbocycles. The molecule has 21 heavy (non-hydrogen) atoms. The van der Waals surface area contributed by atoms with E-state index in [1.54, 1.807) is 0 Å². The average Bonchev–Trinajstić information content (AvgIpc) is 2.97. The maximum absolute atomic E-state index is 12.3. The monoisotopic (exact) mass is 291 g/mol. The first-order chi connectivity index (χ1) is 10.1. The van der Waals surface area contributed by atoms with Crippen LogP contribution >= 0.6 is 0 Å². The minimum Gasteiger partial charge on any atom is -0.494 e. The molecule has 0 bridgehead atoms. The highest BCUT2D eigenvalue weighted by molar-refractivity contribution is 5.85. The Kier molecular flexibility index (Phi) is 5.20. The van der Waals surface area contributed by atoms with E-state index in [0.717, 1.165) is 12.2 Å². The van der Waals surface area contributed by atoms with Crippen molar-refractivity contribution in [1.82, 2.24) is 4.90 Å². The van der Waals surface area contributed by atoms with Crippen LogP contribution in [0.5, 0.6) is 5.75 Å². The number of carboxylic acids is 1. The zero-order valence-corrected chi connectivity index (χ0v) is 12.2. The third-order valence-corrected chi connectivity index (χ3v) is 3.81. The molecule has 0 radical (unpaired) electrons. The van der Waals surface area contributed by atoms with Gasteiger partial charge in [0.25, 0.3) is 0 Å². The molecule has 1 fully saturated rings. The largest absolute Gasteiger partial charge is 0.494 e. The molecule has 0 saturated carbocycles. The standard InChI is InChI=1S/C16H21NO4/c1-12(9-11-21-13-6-3-2-4-7-13)15(18)17-10-5-8-14(17)16(19)20/h2-4,6-7,12,14H,5,8-11H2,1H3,(H,19,20)/t12-,14+/m0/s1. The minimum atomic E-state index is -0.909. The van der Waals surface area contributed by atoms with Crippen molar-refractivity contribution >= 4 is 11.9 Å². The van der Waals surface area contributed by atoms with Gasteiger partial charge < -0.3 is 14.7 Å². The van der Waals surface area contributed by atoms with Crippen molar-refractivity contribution in [1.29, 1.82) is 0 Å². The van der Waals surface area contributed by atoms with E-state index in [2.05, 4.69) is 0 Å². The number of benzene rings is 1. The van der Waals surface area contributed by atoms with Gasteiger partial charge in [0.15, 0.2) is 0 Å². The smallest absolute Gasteiger partial charge is 0.326 e. The van der Waals surface area contributed by atoms with Crippen molar-refractivity contribution in [2.24, 2.45) is 5.92 Å². The van der Waals surface area contributed by atoms with Crippen LogP contribution in [0.3, 0.4) is 0 Å². The number of carbonyl (C=O) groups excluding carboxylic acids is 1. The summed E-state index contributed by atoms with van der Waals surface area (Å²) in [6.07, 6.45) is 1.89. The highest BCUT2D eigenvalue weighted by atomic mass is 16.5. The SMILES string of the molecule is C[C@@H](CCOc1ccccc1)C(=O)N1CCC[C@@H]1C(=O)O. The minimum absolute atomic E-state index is 0.0865. The van der Waals surface area contributed by atoms with E-state index in [-0.39, 0.29) is 11.8 Å². The summed E-state index contributed by atoms with van der Waals surface area (Å²) in [5.41, 5.74) is 0. The Bertz CT molecular complexity index is 488. The number of carbonyl (C=O) groups is 2. The fourth-order valence-electron chi connectivity index (χ4n) is 2.56. The van der Waals surface area contributed by atoms with Gasteiger partial charge in [-0.1, -0.05) is 25.1 Å². The molecule has 2 rings (SSSR count). The molecule has 1 heterocycles. The van der Waals surface area contributed by atoms with E-state index in [1.807, 2.05) is 37.3 Å². The van der Waals surface area contributed by atoms with Crippen LogP contribution in [0.15, 0.2) is 30.3 Å². The normalized spacial score (nSPS) is 19.3. The Hall–Kier alpha value is -2.04. The predicted molar refractivity (Wildman–Crippen MR) is 78.1 cm³/mol. The van der Waals surface area contributed by atoms with Gasteiger partial charge in [-0.3, -0.25) is 4.79 Å². The third-order valence-electron chi connectivity index (χ3n) is 3.81. The van der Waals surface area contributed by atoms with Crippen LogP contribution < -0.4 is 4.74 Å². The van der Waals surface area contributed by atoms with E-state index >= 15 is 0 Å². The second-order valence-electron chi connectivity index (χ2n) is 5.38. The molecular formula is C16H21NO4. The topological polar surface area (TPSA) is 66.8 Å². The van der Waals surface area contributed by atoms with Crippen molar-refractivity contribution in [2.45, 2.75) is 32.2 Å². The molecule has 1 aromatic rings. The third kappa shape index (κ3) is 3.97. The van der Waals surface area contributed by atoms with Crippen molar-refractivity contribution < 1.29 is 19.4 Å². The van der Waals surface area contributed by atoms with Crippen molar-refractivity contribution in [3.63, 3.8) is 0 Å². The number of nitrogens with zero attached hydrogens (tertiary/aromatic N) is 1. The first-order valence-corrected chi connectivity index (χ1v) is 7.30. The van der Waals surface area contributed by atoms with Gasteiger partial charge in [0.2, 0.25) is 5.91 Å². The van der Waals surface area contributed by atoms with Crippen LogP contribution in [0.2, 0.25) is 0 Å². The molecule has 1 aromatic carbocycles. The second-order valence-corrected chi connectivity index (χ2v) is 5.38. The molecule has 0 spiro atoms. The number of ether oxygens (including phenoxy) is 1. The summed E-state index contributed by atoms with van der Waals surface area (Å²) in [4.78, 5) is 24.9. The number of carboxylic acid groups (broad SMARTS) is 1. The van der Waals surface area contributed by atoms with Crippen LogP contribution in [-0.4, -0.2) is 41.1 Å². The maximum Gasteiger partial charge on any atom is 0.326 e. The molecule has 1 saturated heterocycles. The molecule has 114 valence electrons. The highest BCUT2D eigenvalue weighted by Gasteiger charge is 2.35. The Morgan fingerprint density at radius 1 is 1.38 bits per heavy atom. The molecule has 0 aromatic heterocycles. The van der Waals surface area contributed by atoms with Crippen LogP contribution in [-0.2, 0) is 9.59 Å². The molecular weight excluding hydrogens is 270 g/mol. The molecule has 1 aliphatic heterocycles. The molecule has 5 nitrogen and oxygen atoms in total. The molecule has 1 amide bonds. The van der Waals surface area contributed by atoms with Crippen LogP contribution in [0.4, 0.5) is 0 Å². The number of likely N-dealkylation sites (tertiary alicyclic amines) is 1. The first kappa shape index (κ1) is 15.4. The van der Waals surface area contributed by atoms with Gasteiger partial charge in [-0.2, -0.15) is 0 Å². The summed E-state index contributed by atoms with van der Waals surface area (Å²) in [5, 5.41) is 9.12. The van der Waals surface area contributed by atoms with Crippen molar-refractivity contribution in [3.05, 3.63) is 30.3 Å². The summed E-state index contributed by atoms with van der Waals surface area (Å²) >= 11 is 0. The number of rotatable bonds is 6. The van der Waals surface area contributed by atoms with Gasteiger partial charge in [0.1, 0.15) is 11.8 Å². The Morgan fingerprint density at radius 2 is 2.10 bits per heavy atom. The zero-order valence-electron chi connectivity index (χ0n) is 12.2. The van der Waals surface area contributed by atoms with Crippen LogP contribution in [0, 0.1) is 5.92 Å². The Morgan fingerprint density at radius 3 is 2.76 bits per heavy atom. The molecule has 0 unspecified atom stereocenters. The average molecular weight is 291 g/mol. The lowest BCUT2D eigenvalue weighted by molar-refractivity contribution is -0.149. The van der Waals surface area contributed by atoms with Gasteiger partial charge in [0, 0.05) is 12.5 Å². The maximum atomic E-state index is 12.3. The summed E-state index contributed by atoms with van der Waals surface area (Å²) in [6.45, 7) is 2.82. The van der Waals surface area contributed by atoms with E-state index in [1.165, 1.54) is 4.90 Å². The van der Waals surface area contributed by atoms with Gasteiger partial charge in [-0.05, 0) is 31.4 Å². The van der Waals surface area contributed by atoms with Crippen LogP contribution in [0.1, 0.15) is 26.2 Å².